The molecule has 1 atom stereocenters. The second kappa shape index (κ2) is 7.85. The Balaban J connectivity index is 2.17. The Labute approximate surface area is 171 Å². The molecule has 30 heavy (non-hydrogen) atoms. The molecule has 158 valence electrons. The van der Waals surface area contributed by atoms with Gasteiger partial charge < -0.3 is 0 Å². The molecule has 0 spiro atoms. The minimum absolute atomic E-state index is 0.000213. The van der Waals surface area contributed by atoms with Crippen molar-refractivity contribution >= 4 is 5.69 Å². The summed E-state index contributed by atoms with van der Waals surface area (Å²) in [7, 11) is 0. The molecule has 0 aliphatic carbocycles. The van der Waals surface area contributed by atoms with E-state index in [0.29, 0.717) is 12.2 Å². The molecule has 3 aromatic rings. The lowest BCUT2D eigenvalue weighted by molar-refractivity contribution is -0.137. The Morgan fingerprint density at radius 2 is 1.73 bits per heavy atom. The summed E-state index contributed by atoms with van der Waals surface area (Å²) in [5.74, 6) is 0.291. The summed E-state index contributed by atoms with van der Waals surface area (Å²) in [5.41, 5.74) is 0.483. The number of alkyl halides is 3. The van der Waals surface area contributed by atoms with Crippen LogP contribution in [-0.4, -0.2) is 20.2 Å². The van der Waals surface area contributed by atoms with E-state index in [1.54, 1.807) is 13.8 Å². The van der Waals surface area contributed by atoms with Gasteiger partial charge in [0.1, 0.15) is 5.54 Å². The van der Waals surface area contributed by atoms with Crippen molar-refractivity contribution in [2.75, 3.05) is 5.01 Å². The Kier molecular flexibility index (Phi) is 5.60. The van der Waals surface area contributed by atoms with Crippen molar-refractivity contribution in [2.45, 2.75) is 45.8 Å². The highest BCUT2D eigenvalue weighted by Gasteiger charge is 2.41. The molecule has 10 heteroatoms. The second-order valence-electron chi connectivity index (χ2n) is 7.22. The van der Waals surface area contributed by atoms with Gasteiger partial charge in [0.15, 0.2) is 5.82 Å². The van der Waals surface area contributed by atoms with Crippen LogP contribution in [0.4, 0.5) is 18.9 Å². The van der Waals surface area contributed by atoms with Gasteiger partial charge in [-0.2, -0.15) is 17.9 Å². The summed E-state index contributed by atoms with van der Waals surface area (Å²) in [6.45, 7) is 7.26. The number of hydrogen-bond acceptors (Lipinski definition) is 5. The molecule has 0 aliphatic heterocycles. The van der Waals surface area contributed by atoms with E-state index in [1.165, 1.54) is 16.8 Å². The molecule has 0 N–H and O–H groups in total. The van der Waals surface area contributed by atoms with Crippen molar-refractivity contribution in [2.24, 2.45) is 5.29 Å². The first-order chi connectivity index (χ1) is 14.1. The summed E-state index contributed by atoms with van der Waals surface area (Å²) in [4.78, 5) is 11.9. The van der Waals surface area contributed by atoms with E-state index in [2.05, 4.69) is 20.8 Å². The Bertz CT molecular complexity index is 1040. The molecule has 0 amide bonds. The van der Waals surface area contributed by atoms with E-state index in [4.69, 9.17) is 0 Å². The highest BCUT2D eigenvalue weighted by Crippen LogP contribution is 2.38. The van der Waals surface area contributed by atoms with Gasteiger partial charge in [-0.25, -0.2) is 5.01 Å². The number of hydrogen-bond donors (Lipinski definition) is 0. The van der Waals surface area contributed by atoms with Crippen molar-refractivity contribution < 1.29 is 13.2 Å². The van der Waals surface area contributed by atoms with Crippen LogP contribution in [0.15, 0.2) is 47.8 Å². The summed E-state index contributed by atoms with van der Waals surface area (Å²) in [6.07, 6.45) is -4.24. The third-order valence-electron chi connectivity index (χ3n) is 5.26. The van der Waals surface area contributed by atoms with E-state index in [9.17, 15) is 18.1 Å². The molecule has 0 fully saturated rings. The molecule has 0 radical (unpaired) electrons. The molecule has 0 saturated heterocycles. The summed E-state index contributed by atoms with van der Waals surface area (Å²) >= 11 is 0. The molecule has 0 aliphatic rings. The van der Waals surface area contributed by atoms with Crippen LogP contribution in [0.25, 0.3) is 5.69 Å². The Hall–Kier alpha value is -3.30. The van der Waals surface area contributed by atoms with Gasteiger partial charge in [0, 0.05) is 0 Å². The zero-order valence-corrected chi connectivity index (χ0v) is 17.0. The lowest BCUT2D eigenvalue weighted by Gasteiger charge is -2.35. The Morgan fingerprint density at radius 1 is 1.10 bits per heavy atom. The third kappa shape index (κ3) is 3.64. The third-order valence-corrected chi connectivity index (χ3v) is 5.26. The average Bonchev–Trinajstić information content (AvgIpc) is 3.18. The van der Waals surface area contributed by atoms with Crippen LogP contribution in [0.3, 0.4) is 0 Å². The number of tetrazole rings is 1. The molecule has 1 heterocycles. The first-order valence-electron chi connectivity index (χ1n) is 9.29. The van der Waals surface area contributed by atoms with Gasteiger partial charge in [0.05, 0.1) is 22.2 Å². The topological polar surface area (TPSA) is 76.3 Å². The number of halogens is 3. The lowest BCUT2D eigenvalue weighted by Crippen LogP contribution is -2.42. The molecular formula is C20H21F3N6O. The van der Waals surface area contributed by atoms with Crippen LogP contribution in [0.1, 0.15) is 42.8 Å². The zero-order chi connectivity index (χ0) is 22.1. The van der Waals surface area contributed by atoms with Crippen LogP contribution in [0, 0.1) is 18.8 Å². The summed E-state index contributed by atoms with van der Waals surface area (Å²) in [6, 6.07) is 10.2. The maximum atomic E-state index is 13.2. The number of aryl methyl sites for hydroxylation is 2. The quantitative estimate of drug-likeness (QED) is 0.411. The van der Waals surface area contributed by atoms with Crippen molar-refractivity contribution in [3.8, 4) is 5.69 Å². The van der Waals surface area contributed by atoms with Crippen molar-refractivity contribution in [3.05, 3.63) is 69.9 Å². The number of aromatic nitrogens is 4. The zero-order valence-electron chi connectivity index (χ0n) is 17.0. The SMILES string of the molecule is CC[C@](C)(c1nnnn1-c1c(C)cccc1C)N(N=O)c1cccc(C(F)(F)F)c1. The Morgan fingerprint density at radius 3 is 2.30 bits per heavy atom. The van der Waals surface area contributed by atoms with E-state index in [0.717, 1.165) is 34.0 Å². The summed E-state index contributed by atoms with van der Waals surface area (Å²) < 4.78 is 41.1. The molecule has 7 nitrogen and oxygen atoms in total. The fourth-order valence-electron chi connectivity index (χ4n) is 3.45. The molecule has 2 aromatic carbocycles. The number of para-hydroxylation sites is 1. The van der Waals surface area contributed by atoms with Gasteiger partial charge in [-0.15, -0.1) is 10.0 Å². The second-order valence-corrected chi connectivity index (χ2v) is 7.22. The van der Waals surface area contributed by atoms with Crippen LogP contribution in [-0.2, 0) is 11.7 Å². The van der Waals surface area contributed by atoms with E-state index >= 15 is 0 Å². The molecule has 0 saturated carbocycles. The van der Waals surface area contributed by atoms with Crippen LogP contribution in [0.5, 0.6) is 0 Å². The smallest absolute Gasteiger partial charge is 0.216 e. The van der Waals surface area contributed by atoms with Gasteiger partial charge >= 0.3 is 6.18 Å². The molecule has 0 bridgehead atoms. The summed E-state index contributed by atoms with van der Waals surface area (Å²) in [5, 5.41) is 16.1. The van der Waals surface area contributed by atoms with Crippen molar-refractivity contribution in [1.82, 2.24) is 20.2 Å². The number of anilines is 1. The van der Waals surface area contributed by atoms with Gasteiger partial charge in [-0.3, -0.25) is 0 Å². The van der Waals surface area contributed by atoms with Gasteiger partial charge in [-0.05, 0) is 66.9 Å². The first kappa shape index (κ1) is 21.4. The number of nitrogens with zero attached hydrogens (tertiary/aromatic N) is 6. The predicted octanol–water partition coefficient (Wildman–Crippen LogP) is 5.11. The standard InChI is InChI=1S/C20H21F3N6O/c1-5-19(4,29(27-30)16-11-7-10-15(12-16)20(21,22)23)18-24-25-26-28(18)17-13(2)8-6-9-14(17)3/h6-12H,5H2,1-4H3/t19-/m1/s1. The van der Waals surface area contributed by atoms with Gasteiger partial charge in [0.25, 0.3) is 0 Å². The first-order valence-corrected chi connectivity index (χ1v) is 9.29. The number of nitroso groups, excluding NO2 is 1. The highest BCUT2D eigenvalue weighted by molar-refractivity contribution is 5.53. The molecular weight excluding hydrogens is 397 g/mol. The monoisotopic (exact) mass is 418 g/mol. The largest absolute Gasteiger partial charge is 0.416 e. The molecule has 1 aromatic heterocycles. The molecule has 3 rings (SSSR count). The van der Waals surface area contributed by atoms with Crippen LogP contribution >= 0.6 is 0 Å². The average molecular weight is 418 g/mol. The predicted molar refractivity (Wildman–Crippen MR) is 106 cm³/mol. The van der Waals surface area contributed by atoms with Crippen molar-refractivity contribution in [1.29, 1.82) is 0 Å². The number of benzene rings is 2. The van der Waals surface area contributed by atoms with E-state index in [-0.39, 0.29) is 5.69 Å². The highest BCUT2D eigenvalue weighted by atomic mass is 19.4. The minimum Gasteiger partial charge on any atom is -0.216 e. The minimum atomic E-state index is -4.55. The van der Waals surface area contributed by atoms with E-state index < -0.39 is 17.3 Å². The maximum Gasteiger partial charge on any atom is 0.416 e. The fraction of sp³-hybridized carbons (Fsp3) is 0.350. The maximum absolute atomic E-state index is 13.2. The van der Waals surface area contributed by atoms with Crippen molar-refractivity contribution in [3.63, 3.8) is 0 Å². The van der Waals surface area contributed by atoms with Crippen LogP contribution < -0.4 is 5.01 Å². The van der Waals surface area contributed by atoms with Crippen LogP contribution in [0.2, 0.25) is 0 Å². The normalized spacial score (nSPS) is 13.7. The van der Waals surface area contributed by atoms with Gasteiger partial charge in [-0.1, -0.05) is 31.2 Å². The lowest BCUT2D eigenvalue weighted by atomic mass is 9.95. The molecule has 0 unspecified atom stereocenters. The van der Waals surface area contributed by atoms with Gasteiger partial charge in [0.2, 0.25) is 0 Å². The fourth-order valence-corrected chi connectivity index (χ4v) is 3.45. The number of rotatable bonds is 6. The van der Waals surface area contributed by atoms with E-state index in [1.807, 2.05) is 32.0 Å².